The molecule has 3 nitrogen and oxygen atoms in total. The van der Waals surface area contributed by atoms with Crippen molar-refractivity contribution in [2.24, 2.45) is 5.41 Å². The number of nitrogens with zero attached hydrogens (tertiary/aromatic N) is 1. The normalized spacial score (nSPS) is 29.7. The van der Waals surface area contributed by atoms with E-state index in [-0.39, 0.29) is 5.41 Å². The molecule has 0 amide bonds. The summed E-state index contributed by atoms with van der Waals surface area (Å²) in [5.41, 5.74) is -0.0634. The summed E-state index contributed by atoms with van der Waals surface area (Å²) in [6.45, 7) is 3.10. The van der Waals surface area contributed by atoms with Gasteiger partial charge in [-0.05, 0) is 32.2 Å². The minimum Gasteiger partial charge on any atom is -0.380 e. The number of methoxy groups -OCH3 is 1. The maximum Gasteiger partial charge on any atom is 0.127 e. The molecule has 1 atom stereocenters. The number of likely N-dealkylation sites (tertiary alicyclic amines) is 1. The maximum atomic E-state index is 11.6. The van der Waals surface area contributed by atoms with Crippen LogP contribution in [0.3, 0.4) is 0 Å². The highest BCUT2D eigenvalue weighted by atomic mass is 16.5. The zero-order valence-electron chi connectivity index (χ0n) is 11.7. The van der Waals surface area contributed by atoms with Crippen LogP contribution in [0.2, 0.25) is 0 Å². The molecule has 3 heteroatoms. The minimum absolute atomic E-state index is 0.0634. The van der Waals surface area contributed by atoms with E-state index in [1.807, 2.05) is 0 Å². The molecule has 0 aromatic heterocycles. The lowest BCUT2D eigenvalue weighted by atomic mass is 9.81. The Kier molecular flexibility index (Phi) is 5.19. The number of hydrogen-bond donors (Lipinski definition) is 0. The van der Waals surface area contributed by atoms with E-state index < -0.39 is 0 Å². The number of carbonyl (C=O) groups excluding carboxylic acids is 1. The first-order valence-corrected chi connectivity index (χ1v) is 7.49. The molecule has 1 aliphatic carbocycles. The van der Waals surface area contributed by atoms with E-state index in [4.69, 9.17) is 4.74 Å². The van der Waals surface area contributed by atoms with E-state index in [9.17, 15) is 4.79 Å². The molecule has 1 aliphatic heterocycles. The Morgan fingerprint density at radius 3 is 2.56 bits per heavy atom. The molecule has 18 heavy (non-hydrogen) atoms. The van der Waals surface area contributed by atoms with E-state index in [2.05, 4.69) is 4.90 Å². The third-order valence-corrected chi connectivity index (χ3v) is 4.68. The predicted molar refractivity (Wildman–Crippen MR) is 72.7 cm³/mol. The van der Waals surface area contributed by atoms with Crippen molar-refractivity contribution in [3.8, 4) is 0 Å². The van der Waals surface area contributed by atoms with Crippen LogP contribution in [0.1, 0.15) is 51.4 Å². The fourth-order valence-electron chi connectivity index (χ4n) is 3.54. The topological polar surface area (TPSA) is 29.5 Å². The van der Waals surface area contributed by atoms with Gasteiger partial charge in [0.1, 0.15) is 6.29 Å². The first-order chi connectivity index (χ1) is 8.78. The number of hydrogen-bond acceptors (Lipinski definition) is 3. The smallest absolute Gasteiger partial charge is 0.127 e. The molecule has 0 aromatic rings. The molecule has 0 radical (unpaired) electrons. The van der Waals surface area contributed by atoms with Crippen LogP contribution >= 0.6 is 0 Å². The van der Waals surface area contributed by atoms with Crippen LogP contribution < -0.4 is 0 Å². The van der Waals surface area contributed by atoms with Gasteiger partial charge in [-0.25, -0.2) is 0 Å². The van der Waals surface area contributed by atoms with Gasteiger partial charge in [0.2, 0.25) is 0 Å². The summed E-state index contributed by atoms with van der Waals surface area (Å²) < 4.78 is 5.47. The quantitative estimate of drug-likeness (QED) is 0.570. The summed E-state index contributed by atoms with van der Waals surface area (Å²) in [6, 6.07) is 0. The van der Waals surface area contributed by atoms with Crippen molar-refractivity contribution in [2.45, 2.75) is 57.5 Å². The Balaban J connectivity index is 1.93. The summed E-state index contributed by atoms with van der Waals surface area (Å²) in [5, 5.41) is 0. The summed E-state index contributed by atoms with van der Waals surface area (Å²) >= 11 is 0. The molecule has 0 spiro atoms. The lowest BCUT2D eigenvalue weighted by Crippen LogP contribution is -2.45. The van der Waals surface area contributed by atoms with Crippen LogP contribution in [-0.4, -0.2) is 44.0 Å². The van der Waals surface area contributed by atoms with Gasteiger partial charge in [-0.2, -0.15) is 0 Å². The molecule has 0 N–H and O–H groups in total. The first kappa shape index (κ1) is 14.0. The van der Waals surface area contributed by atoms with Gasteiger partial charge < -0.3 is 9.53 Å². The fraction of sp³-hybridized carbons (Fsp3) is 0.933. The van der Waals surface area contributed by atoms with Crippen LogP contribution in [0.4, 0.5) is 0 Å². The second kappa shape index (κ2) is 6.67. The summed E-state index contributed by atoms with van der Waals surface area (Å²) in [7, 11) is 1.80. The van der Waals surface area contributed by atoms with Crippen molar-refractivity contribution in [2.75, 3.05) is 26.7 Å². The largest absolute Gasteiger partial charge is 0.380 e. The molecule has 1 saturated carbocycles. The van der Waals surface area contributed by atoms with Crippen molar-refractivity contribution in [1.82, 2.24) is 4.90 Å². The van der Waals surface area contributed by atoms with Gasteiger partial charge in [0, 0.05) is 25.6 Å². The van der Waals surface area contributed by atoms with Crippen molar-refractivity contribution in [3.63, 3.8) is 0 Å². The number of aldehydes is 1. The Morgan fingerprint density at radius 1 is 1.22 bits per heavy atom. The Bertz CT molecular complexity index is 259. The lowest BCUT2D eigenvalue weighted by Gasteiger charge is -2.38. The SMILES string of the molecule is COC1CCCN(CC2(C=O)CCCCCC2)C1. The molecule has 1 unspecified atom stereocenters. The summed E-state index contributed by atoms with van der Waals surface area (Å²) in [6.07, 6.45) is 11.2. The molecule has 104 valence electrons. The molecular formula is C15H27NO2. The molecule has 2 rings (SSSR count). The summed E-state index contributed by atoms with van der Waals surface area (Å²) in [4.78, 5) is 14.1. The monoisotopic (exact) mass is 253 g/mol. The molecule has 1 saturated heterocycles. The third kappa shape index (κ3) is 3.55. The molecule has 2 fully saturated rings. The Morgan fingerprint density at radius 2 is 1.94 bits per heavy atom. The van der Waals surface area contributed by atoms with Gasteiger partial charge in [-0.15, -0.1) is 0 Å². The average Bonchev–Trinajstić information content (AvgIpc) is 2.65. The highest BCUT2D eigenvalue weighted by molar-refractivity contribution is 5.59. The van der Waals surface area contributed by atoms with Gasteiger partial charge in [-0.1, -0.05) is 25.7 Å². The van der Waals surface area contributed by atoms with E-state index in [1.165, 1.54) is 44.8 Å². The second-order valence-electron chi connectivity index (χ2n) is 6.13. The van der Waals surface area contributed by atoms with Crippen LogP contribution in [0.25, 0.3) is 0 Å². The molecular weight excluding hydrogens is 226 g/mol. The van der Waals surface area contributed by atoms with Gasteiger partial charge in [0.15, 0.2) is 0 Å². The van der Waals surface area contributed by atoms with E-state index in [0.717, 1.165) is 32.5 Å². The van der Waals surface area contributed by atoms with Crippen LogP contribution in [-0.2, 0) is 9.53 Å². The van der Waals surface area contributed by atoms with E-state index in [0.29, 0.717) is 6.10 Å². The van der Waals surface area contributed by atoms with Crippen LogP contribution in [0.5, 0.6) is 0 Å². The number of carbonyl (C=O) groups is 1. The Labute approximate surface area is 111 Å². The average molecular weight is 253 g/mol. The molecule has 2 aliphatic rings. The minimum atomic E-state index is -0.0634. The van der Waals surface area contributed by atoms with Crippen molar-refractivity contribution in [3.05, 3.63) is 0 Å². The number of piperidine rings is 1. The molecule has 0 aromatic carbocycles. The van der Waals surface area contributed by atoms with Gasteiger partial charge in [0.05, 0.1) is 6.10 Å². The van der Waals surface area contributed by atoms with Gasteiger partial charge in [-0.3, -0.25) is 4.90 Å². The zero-order chi connectivity index (χ0) is 12.8. The molecule has 1 heterocycles. The highest BCUT2D eigenvalue weighted by Crippen LogP contribution is 2.34. The van der Waals surface area contributed by atoms with E-state index in [1.54, 1.807) is 7.11 Å². The summed E-state index contributed by atoms with van der Waals surface area (Å²) in [5.74, 6) is 0. The zero-order valence-corrected chi connectivity index (χ0v) is 11.7. The van der Waals surface area contributed by atoms with Crippen LogP contribution in [0.15, 0.2) is 0 Å². The van der Waals surface area contributed by atoms with Gasteiger partial charge >= 0.3 is 0 Å². The highest BCUT2D eigenvalue weighted by Gasteiger charge is 2.34. The lowest BCUT2D eigenvalue weighted by molar-refractivity contribution is -0.118. The third-order valence-electron chi connectivity index (χ3n) is 4.68. The first-order valence-electron chi connectivity index (χ1n) is 7.49. The van der Waals surface area contributed by atoms with Crippen molar-refractivity contribution >= 4 is 6.29 Å². The predicted octanol–water partition coefficient (Wildman–Crippen LogP) is 2.64. The van der Waals surface area contributed by atoms with E-state index >= 15 is 0 Å². The number of rotatable bonds is 4. The van der Waals surface area contributed by atoms with Crippen molar-refractivity contribution < 1.29 is 9.53 Å². The van der Waals surface area contributed by atoms with Gasteiger partial charge in [0.25, 0.3) is 0 Å². The Hall–Kier alpha value is -0.410. The second-order valence-corrected chi connectivity index (χ2v) is 6.13. The van der Waals surface area contributed by atoms with Crippen LogP contribution in [0, 0.1) is 5.41 Å². The standard InChI is InChI=1S/C15H27NO2/c1-18-14-7-6-10-16(11-14)12-15(13-17)8-4-2-3-5-9-15/h13-14H,2-12H2,1H3. The van der Waals surface area contributed by atoms with Crippen molar-refractivity contribution in [1.29, 1.82) is 0 Å². The number of ether oxygens (including phenoxy) is 1. The molecule has 0 bridgehead atoms. The fourth-order valence-corrected chi connectivity index (χ4v) is 3.54. The maximum absolute atomic E-state index is 11.6.